The minimum absolute atomic E-state index is 0.0396. The number of ether oxygens (including phenoxy) is 2. The van der Waals surface area contributed by atoms with Crippen LogP contribution in [0.4, 0.5) is 17.1 Å². The summed E-state index contributed by atoms with van der Waals surface area (Å²) >= 11 is 0. The lowest BCUT2D eigenvalue weighted by molar-refractivity contribution is 0.386. The van der Waals surface area contributed by atoms with Crippen molar-refractivity contribution in [2.75, 3.05) is 24.3 Å². The first-order valence-corrected chi connectivity index (χ1v) is 10.1. The molecule has 0 unspecified atom stereocenters. The molecule has 0 aliphatic heterocycles. The van der Waals surface area contributed by atoms with Gasteiger partial charge in [0, 0.05) is 23.1 Å². The van der Waals surface area contributed by atoms with E-state index in [1.165, 1.54) is 26.4 Å². The van der Waals surface area contributed by atoms with E-state index < -0.39 is 10.0 Å². The molecule has 2 N–H and O–H groups in total. The maximum atomic E-state index is 12.7. The third-order valence-electron chi connectivity index (χ3n) is 4.10. The zero-order chi connectivity index (χ0) is 20.1. The predicted molar refractivity (Wildman–Crippen MR) is 111 cm³/mol. The summed E-state index contributed by atoms with van der Waals surface area (Å²) in [4.78, 5) is 0.0396. The van der Waals surface area contributed by atoms with E-state index in [9.17, 15) is 8.42 Å². The molecule has 7 heteroatoms. The molecule has 3 aromatic carbocycles. The lowest BCUT2D eigenvalue weighted by Crippen LogP contribution is -2.14. The number of anilines is 3. The van der Waals surface area contributed by atoms with Gasteiger partial charge in [0.05, 0.1) is 14.2 Å². The standard InChI is InChI=1S/C21H22N2O4S/c1-15-5-4-6-18(13-15)22-16-7-9-17(10-8-16)23-28(24,25)21-12-11-19(26-2)14-20(21)27-3/h4-14,22-23H,1-3H3. The Kier molecular flexibility index (Phi) is 5.75. The van der Waals surface area contributed by atoms with Crippen LogP contribution in [0.5, 0.6) is 11.5 Å². The van der Waals surface area contributed by atoms with E-state index in [0.717, 1.165) is 16.9 Å². The van der Waals surface area contributed by atoms with E-state index in [2.05, 4.69) is 10.0 Å². The Morgan fingerprint density at radius 2 is 1.50 bits per heavy atom. The fraction of sp³-hybridized carbons (Fsp3) is 0.143. The van der Waals surface area contributed by atoms with Crippen LogP contribution in [0.25, 0.3) is 0 Å². The number of nitrogens with one attached hydrogen (secondary N) is 2. The summed E-state index contributed by atoms with van der Waals surface area (Å²) in [5.74, 6) is 0.729. The average Bonchev–Trinajstić information content (AvgIpc) is 2.68. The molecule has 0 aromatic heterocycles. The van der Waals surface area contributed by atoms with Crippen molar-refractivity contribution < 1.29 is 17.9 Å². The van der Waals surface area contributed by atoms with E-state index in [4.69, 9.17) is 9.47 Å². The van der Waals surface area contributed by atoms with Crippen LogP contribution in [0.1, 0.15) is 5.56 Å². The average molecular weight is 398 g/mol. The number of methoxy groups -OCH3 is 2. The summed E-state index contributed by atoms with van der Waals surface area (Å²) in [6, 6.07) is 19.6. The summed E-state index contributed by atoms with van der Waals surface area (Å²) in [6.45, 7) is 2.02. The molecular weight excluding hydrogens is 376 g/mol. The monoisotopic (exact) mass is 398 g/mol. The van der Waals surface area contributed by atoms with Gasteiger partial charge in [-0.05, 0) is 61.0 Å². The first kappa shape index (κ1) is 19.6. The third-order valence-corrected chi connectivity index (χ3v) is 5.52. The number of rotatable bonds is 7. The van der Waals surface area contributed by atoms with Crippen LogP contribution in [0, 0.1) is 6.92 Å². The van der Waals surface area contributed by atoms with Crippen molar-refractivity contribution >= 4 is 27.1 Å². The van der Waals surface area contributed by atoms with Crippen molar-refractivity contribution in [2.24, 2.45) is 0 Å². The molecule has 0 radical (unpaired) electrons. The van der Waals surface area contributed by atoms with Gasteiger partial charge in [0.2, 0.25) is 0 Å². The molecular formula is C21H22N2O4S. The summed E-state index contributed by atoms with van der Waals surface area (Å²) in [5.41, 5.74) is 3.43. The highest BCUT2D eigenvalue weighted by Crippen LogP contribution is 2.30. The largest absolute Gasteiger partial charge is 0.497 e. The van der Waals surface area contributed by atoms with Gasteiger partial charge in [0.15, 0.2) is 0 Å². The zero-order valence-electron chi connectivity index (χ0n) is 15.9. The van der Waals surface area contributed by atoms with Crippen molar-refractivity contribution in [1.29, 1.82) is 0 Å². The summed E-state index contributed by atoms with van der Waals surface area (Å²) < 4.78 is 38.4. The van der Waals surface area contributed by atoms with Crippen LogP contribution in [0.2, 0.25) is 0 Å². The van der Waals surface area contributed by atoms with Gasteiger partial charge in [0.25, 0.3) is 10.0 Å². The number of sulfonamides is 1. The molecule has 0 saturated heterocycles. The van der Waals surface area contributed by atoms with Crippen LogP contribution in [0.15, 0.2) is 71.6 Å². The van der Waals surface area contributed by atoms with Gasteiger partial charge in [-0.1, -0.05) is 12.1 Å². The van der Waals surface area contributed by atoms with Crippen LogP contribution >= 0.6 is 0 Å². The second-order valence-corrected chi connectivity index (χ2v) is 7.84. The third kappa shape index (κ3) is 4.55. The Balaban J connectivity index is 1.78. The molecule has 0 spiro atoms. The highest BCUT2D eigenvalue weighted by Gasteiger charge is 2.20. The Morgan fingerprint density at radius 3 is 2.14 bits per heavy atom. The van der Waals surface area contributed by atoms with Gasteiger partial charge >= 0.3 is 0 Å². The summed E-state index contributed by atoms with van der Waals surface area (Å²) in [5, 5.41) is 3.29. The molecule has 0 fully saturated rings. The van der Waals surface area contributed by atoms with Crippen molar-refractivity contribution in [2.45, 2.75) is 11.8 Å². The van der Waals surface area contributed by atoms with Crippen LogP contribution in [-0.2, 0) is 10.0 Å². The van der Waals surface area contributed by atoms with E-state index in [1.807, 2.05) is 43.3 Å². The Labute approximate surface area is 165 Å². The predicted octanol–water partition coefficient (Wildman–Crippen LogP) is 4.56. The highest BCUT2D eigenvalue weighted by atomic mass is 32.2. The maximum Gasteiger partial charge on any atom is 0.265 e. The first-order chi connectivity index (χ1) is 13.4. The van der Waals surface area contributed by atoms with Gasteiger partial charge in [-0.2, -0.15) is 0 Å². The molecule has 0 amide bonds. The minimum Gasteiger partial charge on any atom is -0.497 e. The van der Waals surface area contributed by atoms with Crippen molar-refractivity contribution in [3.05, 3.63) is 72.3 Å². The van der Waals surface area contributed by atoms with Crippen LogP contribution in [-0.4, -0.2) is 22.6 Å². The van der Waals surface area contributed by atoms with Crippen molar-refractivity contribution in [3.63, 3.8) is 0 Å². The number of hydrogen-bond acceptors (Lipinski definition) is 5. The fourth-order valence-electron chi connectivity index (χ4n) is 2.72. The smallest absolute Gasteiger partial charge is 0.265 e. The van der Waals surface area contributed by atoms with Crippen molar-refractivity contribution in [1.82, 2.24) is 0 Å². The second kappa shape index (κ2) is 8.22. The number of hydrogen-bond donors (Lipinski definition) is 2. The van der Waals surface area contributed by atoms with Crippen LogP contribution < -0.4 is 19.5 Å². The number of aryl methyl sites for hydroxylation is 1. The Hall–Kier alpha value is -3.19. The molecule has 146 valence electrons. The Morgan fingerprint density at radius 1 is 0.786 bits per heavy atom. The summed E-state index contributed by atoms with van der Waals surface area (Å²) in [7, 11) is -0.886. The molecule has 0 aliphatic carbocycles. The minimum atomic E-state index is -3.81. The fourth-order valence-corrected chi connectivity index (χ4v) is 3.93. The molecule has 0 heterocycles. The maximum absolute atomic E-state index is 12.7. The van der Waals surface area contributed by atoms with Crippen molar-refractivity contribution in [3.8, 4) is 11.5 Å². The normalized spacial score (nSPS) is 11.0. The molecule has 0 saturated carbocycles. The van der Waals surface area contributed by atoms with E-state index in [-0.39, 0.29) is 10.6 Å². The van der Waals surface area contributed by atoms with Gasteiger partial charge in [-0.3, -0.25) is 4.72 Å². The SMILES string of the molecule is COc1ccc(S(=O)(=O)Nc2ccc(Nc3cccc(C)c3)cc2)c(OC)c1. The molecule has 0 aliphatic rings. The quantitative estimate of drug-likeness (QED) is 0.610. The van der Waals surface area contributed by atoms with E-state index in [1.54, 1.807) is 18.2 Å². The van der Waals surface area contributed by atoms with Gasteiger partial charge in [-0.15, -0.1) is 0 Å². The second-order valence-electron chi connectivity index (χ2n) is 6.19. The molecule has 6 nitrogen and oxygen atoms in total. The first-order valence-electron chi connectivity index (χ1n) is 8.60. The lowest BCUT2D eigenvalue weighted by atomic mass is 10.2. The zero-order valence-corrected chi connectivity index (χ0v) is 16.7. The highest BCUT2D eigenvalue weighted by molar-refractivity contribution is 7.92. The van der Waals surface area contributed by atoms with Crippen LogP contribution in [0.3, 0.4) is 0 Å². The topological polar surface area (TPSA) is 76.7 Å². The van der Waals surface area contributed by atoms with E-state index >= 15 is 0 Å². The Bertz CT molecular complexity index is 1060. The van der Waals surface area contributed by atoms with E-state index in [0.29, 0.717) is 11.4 Å². The summed E-state index contributed by atoms with van der Waals surface area (Å²) in [6.07, 6.45) is 0. The molecule has 3 rings (SSSR count). The molecule has 28 heavy (non-hydrogen) atoms. The number of benzene rings is 3. The lowest BCUT2D eigenvalue weighted by Gasteiger charge is -2.13. The molecule has 0 atom stereocenters. The molecule has 0 bridgehead atoms. The van der Waals surface area contributed by atoms with Gasteiger partial charge in [0.1, 0.15) is 16.4 Å². The molecule has 3 aromatic rings. The van der Waals surface area contributed by atoms with Gasteiger partial charge < -0.3 is 14.8 Å². The van der Waals surface area contributed by atoms with Gasteiger partial charge in [-0.25, -0.2) is 8.42 Å².